The van der Waals surface area contributed by atoms with Gasteiger partial charge in [0.1, 0.15) is 0 Å². The normalized spacial score (nSPS) is 17.3. The van der Waals surface area contributed by atoms with Crippen molar-refractivity contribution in [1.29, 1.82) is 0 Å². The standard InChI is InChI=1S/C21H28N2O/c1-21(2,24)17-22-13-15-23(16-14-22)20(18-9-5-3-6-10-18)19-11-7-4-8-12-19/h3-12,20,24H,13-17H2,1-2H3. The van der Waals surface area contributed by atoms with Crippen molar-refractivity contribution >= 4 is 0 Å². The molecule has 0 unspecified atom stereocenters. The maximum absolute atomic E-state index is 10.0. The third kappa shape index (κ3) is 4.44. The Morgan fingerprint density at radius 3 is 1.71 bits per heavy atom. The van der Waals surface area contributed by atoms with Crippen molar-refractivity contribution in [1.82, 2.24) is 9.80 Å². The maximum Gasteiger partial charge on any atom is 0.0718 e. The summed E-state index contributed by atoms with van der Waals surface area (Å²) in [6.45, 7) is 8.55. The third-order valence-electron chi connectivity index (χ3n) is 4.61. The number of β-amino-alcohol motifs (C(OH)–C–C–N with tert-alkyl or cyclic N) is 1. The van der Waals surface area contributed by atoms with Crippen LogP contribution in [-0.4, -0.2) is 53.2 Å². The largest absolute Gasteiger partial charge is 0.389 e. The highest BCUT2D eigenvalue weighted by molar-refractivity contribution is 5.31. The van der Waals surface area contributed by atoms with E-state index < -0.39 is 5.60 Å². The summed E-state index contributed by atoms with van der Waals surface area (Å²) in [5, 5.41) is 10.0. The second-order valence-electron chi connectivity index (χ2n) is 7.35. The number of hydrogen-bond acceptors (Lipinski definition) is 3. The summed E-state index contributed by atoms with van der Waals surface area (Å²) in [6, 6.07) is 21.8. The Morgan fingerprint density at radius 1 is 0.833 bits per heavy atom. The number of rotatable bonds is 5. The highest BCUT2D eigenvalue weighted by atomic mass is 16.3. The van der Waals surface area contributed by atoms with Crippen molar-refractivity contribution in [2.45, 2.75) is 25.5 Å². The quantitative estimate of drug-likeness (QED) is 0.915. The number of hydrogen-bond donors (Lipinski definition) is 1. The fraction of sp³-hybridized carbons (Fsp3) is 0.429. The van der Waals surface area contributed by atoms with E-state index in [1.807, 2.05) is 13.8 Å². The van der Waals surface area contributed by atoms with E-state index in [1.54, 1.807) is 0 Å². The second kappa shape index (κ2) is 7.47. The predicted octanol–water partition coefficient (Wildman–Crippen LogP) is 3.16. The van der Waals surface area contributed by atoms with Crippen molar-refractivity contribution in [3.63, 3.8) is 0 Å². The van der Waals surface area contributed by atoms with Gasteiger partial charge in [0.25, 0.3) is 0 Å². The van der Waals surface area contributed by atoms with Crippen molar-refractivity contribution in [2.24, 2.45) is 0 Å². The number of nitrogens with zero attached hydrogens (tertiary/aromatic N) is 2. The van der Waals surface area contributed by atoms with Crippen LogP contribution >= 0.6 is 0 Å². The summed E-state index contributed by atoms with van der Waals surface area (Å²) in [4.78, 5) is 4.93. The van der Waals surface area contributed by atoms with Crippen LogP contribution in [0.25, 0.3) is 0 Å². The molecule has 2 aromatic carbocycles. The van der Waals surface area contributed by atoms with Crippen LogP contribution in [0, 0.1) is 0 Å². The minimum atomic E-state index is -0.625. The van der Waals surface area contributed by atoms with Gasteiger partial charge in [-0.2, -0.15) is 0 Å². The molecule has 0 radical (unpaired) electrons. The molecule has 128 valence electrons. The van der Waals surface area contributed by atoms with Gasteiger partial charge in [-0.25, -0.2) is 0 Å². The Morgan fingerprint density at radius 2 is 1.29 bits per heavy atom. The van der Waals surface area contributed by atoms with E-state index in [2.05, 4.69) is 70.5 Å². The average Bonchev–Trinajstić information content (AvgIpc) is 2.57. The van der Waals surface area contributed by atoms with Gasteiger partial charge in [0.05, 0.1) is 11.6 Å². The van der Waals surface area contributed by atoms with E-state index >= 15 is 0 Å². The Hall–Kier alpha value is -1.68. The van der Waals surface area contributed by atoms with Crippen LogP contribution in [0.15, 0.2) is 60.7 Å². The molecule has 1 heterocycles. The first kappa shape index (κ1) is 17.2. The summed E-state index contributed by atoms with van der Waals surface area (Å²) in [5.41, 5.74) is 2.07. The Bertz CT molecular complexity index is 574. The lowest BCUT2D eigenvalue weighted by Gasteiger charge is -2.41. The van der Waals surface area contributed by atoms with Gasteiger partial charge in [0.2, 0.25) is 0 Å². The van der Waals surface area contributed by atoms with Gasteiger partial charge in [-0.05, 0) is 25.0 Å². The van der Waals surface area contributed by atoms with Crippen LogP contribution in [0.5, 0.6) is 0 Å². The van der Waals surface area contributed by atoms with Crippen molar-refractivity contribution in [2.75, 3.05) is 32.7 Å². The van der Waals surface area contributed by atoms with E-state index in [0.29, 0.717) is 6.04 Å². The average molecular weight is 324 g/mol. The highest BCUT2D eigenvalue weighted by Gasteiger charge is 2.28. The number of benzene rings is 2. The summed E-state index contributed by atoms with van der Waals surface area (Å²) in [6.07, 6.45) is 0. The molecule has 0 spiro atoms. The lowest BCUT2D eigenvalue weighted by atomic mass is 9.96. The molecule has 0 aromatic heterocycles. The lowest BCUT2D eigenvalue weighted by Crippen LogP contribution is -2.51. The molecule has 0 atom stereocenters. The molecule has 24 heavy (non-hydrogen) atoms. The van der Waals surface area contributed by atoms with Gasteiger partial charge in [0.15, 0.2) is 0 Å². The monoisotopic (exact) mass is 324 g/mol. The summed E-state index contributed by atoms with van der Waals surface area (Å²) < 4.78 is 0. The van der Waals surface area contributed by atoms with E-state index in [9.17, 15) is 5.11 Å². The van der Waals surface area contributed by atoms with Crippen molar-refractivity contribution < 1.29 is 5.11 Å². The predicted molar refractivity (Wildman–Crippen MR) is 99.0 cm³/mol. The molecule has 3 rings (SSSR count). The molecule has 3 nitrogen and oxygen atoms in total. The van der Waals surface area contributed by atoms with Gasteiger partial charge in [-0.15, -0.1) is 0 Å². The maximum atomic E-state index is 10.0. The van der Waals surface area contributed by atoms with Crippen molar-refractivity contribution in [3.05, 3.63) is 71.8 Å². The highest BCUT2D eigenvalue weighted by Crippen LogP contribution is 2.29. The van der Waals surface area contributed by atoms with E-state index in [0.717, 1.165) is 32.7 Å². The van der Waals surface area contributed by atoms with Gasteiger partial charge in [0, 0.05) is 32.7 Å². The number of piperazine rings is 1. The molecule has 1 saturated heterocycles. The molecular formula is C21H28N2O. The topological polar surface area (TPSA) is 26.7 Å². The van der Waals surface area contributed by atoms with Gasteiger partial charge in [-0.3, -0.25) is 9.80 Å². The van der Waals surface area contributed by atoms with E-state index in [-0.39, 0.29) is 0 Å². The molecule has 0 bridgehead atoms. The SMILES string of the molecule is CC(C)(O)CN1CCN(C(c2ccccc2)c2ccccc2)CC1. The van der Waals surface area contributed by atoms with Crippen LogP contribution in [0.4, 0.5) is 0 Å². The molecule has 0 aliphatic carbocycles. The molecule has 3 heteroatoms. The molecule has 1 aliphatic rings. The molecule has 1 N–H and O–H groups in total. The molecule has 1 aliphatic heterocycles. The minimum Gasteiger partial charge on any atom is -0.389 e. The Balaban J connectivity index is 1.76. The smallest absolute Gasteiger partial charge is 0.0718 e. The fourth-order valence-corrected chi connectivity index (χ4v) is 3.61. The number of aliphatic hydroxyl groups is 1. The van der Waals surface area contributed by atoms with Gasteiger partial charge >= 0.3 is 0 Å². The fourth-order valence-electron chi connectivity index (χ4n) is 3.61. The summed E-state index contributed by atoms with van der Waals surface area (Å²) in [7, 11) is 0. The molecular weight excluding hydrogens is 296 g/mol. The van der Waals surface area contributed by atoms with Crippen LogP contribution in [0.3, 0.4) is 0 Å². The first-order valence-electron chi connectivity index (χ1n) is 8.82. The van der Waals surface area contributed by atoms with Crippen LogP contribution < -0.4 is 0 Å². The zero-order valence-corrected chi connectivity index (χ0v) is 14.7. The molecule has 2 aromatic rings. The van der Waals surface area contributed by atoms with Gasteiger partial charge in [-0.1, -0.05) is 60.7 Å². The third-order valence-corrected chi connectivity index (χ3v) is 4.61. The van der Waals surface area contributed by atoms with Crippen molar-refractivity contribution in [3.8, 4) is 0 Å². The van der Waals surface area contributed by atoms with E-state index in [4.69, 9.17) is 0 Å². The Labute approximate surface area is 145 Å². The molecule has 0 amide bonds. The molecule has 1 fully saturated rings. The molecule has 0 saturated carbocycles. The van der Waals surface area contributed by atoms with Crippen LogP contribution in [0.2, 0.25) is 0 Å². The zero-order valence-electron chi connectivity index (χ0n) is 14.7. The first-order valence-corrected chi connectivity index (χ1v) is 8.82. The first-order chi connectivity index (χ1) is 11.5. The summed E-state index contributed by atoms with van der Waals surface area (Å²) in [5.74, 6) is 0. The lowest BCUT2D eigenvalue weighted by molar-refractivity contribution is 0.0134. The van der Waals surface area contributed by atoms with Crippen LogP contribution in [-0.2, 0) is 0 Å². The zero-order chi connectivity index (χ0) is 17.0. The van der Waals surface area contributed by atoms with Gasteiger partial charge < -0.3 is 5.11 Å². The minimum absolute atomic E-state index is 0.302. The van der Waals surface area contributed by atoms with E-state index in [1.165, 1.54) is 11.1 Å². The Kier molecular flexibility index (Phi) is 5.34. The second-order valence-corrected chi connectivity index (χ2v) is 7.35. The van der Waals surface area contributed by atoms with Crippen LogP contribution in [0.1, 0.15) is 31.0 Å². The summed E-state index contributed by atoms with van der Waals surface area (Å²) >= 11 is 0.